The Hall–Kier alpha value is -3.26. The monoisotopic (exact) mass is 367 g/mol. The highest BCUT2D eigenvalue weighted by Crippen LogP contribution is 2.42. The largest absolute Gasteiger partial charge is 0.497 e. The summed E-state index contributed by atoms with van der Waals surface area (Å²) >= 11 is 1.43. The maximum atomic E-state index is 12.3. The quantitative estimate of drug-likeness (QED) is 0.436. The molecule has 0 radical (unpaired) electrons. The first-order valence-corrected chi connectivity index (χ1v) is 8.59. The topological polar surface area (TPSA) is 94.4 Å². The molecule has 0 saturated carbocycles. The Morgan fingerprint density at radius 2 is 2.04 bits per heavy atom. The van der Waals surface area contributed by atoms with Crippen molar-refractivity contribution in [1.29, 1.82) is 0 Å². The van der Waals surface area contributed by atoms with E-state index in [-0.39, 0.29) is 11.6 Å². The zero-order chi connectivity index (χ0) is 18.3. The number of fused-ring (bicyclic) bond motifs is 3. The van der Waals surface area contributed by atoms with Crippen LogP contribution in [0.25, 0.3) is 11.3 Å². The Balaban J connectivity index is 1.54. The van der Waals surface area contributed by atoms with Crippen LogP contribution >= 0.6 is 11.3 Å². The average Bonchev–Trinajstić information content (AvgIpc) is 3.18. The lowest BCUT2D eigenvalue weighted by atomic mass is 10.1. The van der Waals surface area contributed by atoms with E-state index in [0.717, 1.165) is 33.9 Å². The second-order valence-corrected chi connectivity index (χ2v) is 6.83. The minimum Gasteiger partial charge on any atom is -0.497 e. The van der Waals surface area contributed by atoms with Gasteiger partial charge in [-0.25, -0.2) is 4.98 Å². The molecule has 8 heteroatoms. The fourth-order valence-electron chi connectivity index (χ4n) is 2.89. The molecule has 1 aromatic heterocycles. The lowest BCUT2D eigenvalue weighted by Crippen LogP contribution is -2.11. The molecule has 1 heterocycles. The summed E-state index contributed by atoms with van der Waals surface area (Å²) in [6, 6.07) is 11.3. The van der Waals surface area contributed by atoms with E-state index in [4.69, 9.17) is 4.74 Å². The molecule has 3 aromatic rings. The van der Waals surface area contributed by atoms with Gasteiger partial charge in [-0.2, -0.15) is 0 Å². The number of hydrogen-bond donors (Lipinski definition) is 1. The number of thiazole rings is 1. The van der Waals surface area contributed by atoms with Crippen LogP contribution in [0.2, 0.25) is 0 Å². The van der Waals surface area contributed by atoms with Crippen LogP contribution < -0.4 is 10.1 Å². The first-order chi connectivity index (χ1) is 12.5. The Labute approximate surface area is 152 Å². The number of aromatic nitrogens is 1. The number of benzene rings is 2. The zero-order valence-electron chi connectivity index (χ0n) is 13.7. The molecule has 0 bridgehead atoms. The third-order valence-corrected chi connectivity index (χ3v) is 5.15. The molecular weight excluding hydrogens is 354 g/mol. The first-order valence-electron chi connectivity index (χ1n) is 7.78. The van der Waals surface area contributed by atoms with Crippen molar-refractivity contribution >= 4 is 28.1 Å². The molecule has 1 amide bonds. The molecule has 0 atom stereocenters. The predicted molar refractivity (Wildman–Crippen MR) is 98.0 cm³/mol. The Bertz CT molecular complexity index is 1030. The molecule has 1 N–H and O–H groups in total. The van der Waals surface area contributed by atoms with E-state index in [0.29, 0.717) is 10.7 Å². The molecule has 1 aliphatic carbocycles. The summed E-state index contributed by atoms with van der Waals surface area (Å²) in [5.74, 6) is 0.466. The van der Waals surface area contributed by atoms with Crippen molar-refractivity contribution in [2.45, 2.75) is 6.42 Å². The van der Waals surface area contributed by atoms with Gasteiger partial charge < -0.3 is 4.74 Å². The summed E-state index contributed by atoms with van der Waals surface area (Å²) in [5.41, 5.74) is 3.38. The number of hydrogen-bond acceptors (Lipinski definition) is 6. The van der Waals surface area contributed by atoms with Crippen LogP contribution in [0.15, 0.2) is 42.5 Å². The standard InChI is InChI=1S/C18H13N3O4S/c1-25-13-6-7-14-11(8-13)9-15-16(14)19-18(26-15)20-17(22)10-2-4-12(5-3-10)21(23)24/h2-8H,9H2,1H3,(H,19,20,22). The number of nitro groups is 1. The molecule has 1 aliphatic rings. The number of non-ortho nitro benzene ring substituents is 1. The summed E-state index contributed by atoms with van der Waals surface area (Å²) in [4.78, 5) is 28.1. The molecular formula is C18H13N3O4S. The third kappa shape index (κ3) is 2.80. The number of nitro benzene ring substituents is 1. The third-order valence-electron chi connectivity index (χ3n) is 4.18. The summed E-state index contributed by atoms with van der Waals surface area (Å²) in [6.07, 6.45) is 0.757. The van der Waals surface area contributed by atoms with Crippen molar-refractivity contribution in [3.05, 3.63) is 68.6 Å². The average molecular weight is 367 g/mol. The first kappa shape index (κ1) is 16.2. The fraction of sp³-hybridized carbons (Fsp3) is 0.111. The van der Waals surface area contributed by atoms with Crippen LogP contribution in [-0.2, 0) is 6.42 Å². The van der Waals surface area contributed by atoms with Crippen molar-refractivity contribution < 1.29 is 14.5 Å². The number of carbonyl (C=O) groups excluding carboxylic acids is 1. The number of methoxy groups -OCH3 is 1. The second kappa shape index (κ2) is 6.23. The van der Waals surface area contributed by atoms with Gasteiger partial charge in [-0.3, -0.25) is 20.2 Å². The SMILES string of the molecule is COc1ccc2c(c1)Cc1sc(NC(=O)c3ccc([N+](=O)[O-])cc3)nc1-2. The lowest BCUT2D eigenvalue weighted by molar-refractivity contribution is -0.384. The smallest absolute Gasteiger partial charge is 0.269 e. The Kier molecular flexibility index (Phi) is 3.89. The lowest BCUT2D eigenvalue weighted by Gasteiger charge is -2.04. The van der Waals surface area contributed by atoms with E-state index in [1.54, 1.807) is 7.11 Å². The van der Waals surface area contributed by atoms with Crippen molar-refractivity contribution in [2.24, 2.45) is 0 Å². The van der Waals surface area contributed by atoms with E-state index in [2.05, 4.69) is 10.3 Å². The predicted octanol–water partition coefficient (Wildman–Crippen LogP) is 3.88. The van der Waals surface area contributed by atoms with Gasteiger partial charge in [0.25, 0.3) is 11.6 Å². The van der Waals surface area contributed by atoms with Crippen LogP contribution in [-0.4, -0.2) is 22.9 Å². The number of nitrogens with one attached hydrogen (secondary N) is 1. The van der Waals surface area contributed by atoms with Crippen molar-refractivity contribution in [1.82, 2.24) is 4.98 Å². The van der Waals surface area contributed by atoms with Gasteiger partial charge in [0.15, 0.2) is 5.13 Å². The van der Waals surface area contributed by atoms with Gasteiger partial charge in [-0.1, -0.05) is 0 Å². The molecule has 0 unspecified atom stereocenters. The van der Waals surface area contributed by atoms with E-state index in [9.17, 15) is 14.9 Å². The second-order valence-electron chi connectivity index (χ2n) is 5.75. The van der Waals surface area contributed by atoms with Gasteiger partial charge >= 0.3 is 0 Å². The summed E-state index contributed by atoms with van der Waals surface area (Å²) in [7, 11) is 1.64. The van der Waals surface area contributed by atoms with Gasteiger partial charge in [-0.15, -0.1) is 11.3 Å². The van der Waals surface area contributed by atoms with Crippen LogP contribution in [0.1, 0.15) is 20.8 Å². The number of carbonyl (C=O) groups is 1. The van der Waals surface area contributed by atoms with E-state index < -0.39 is 4.92 Å². The summed E-state index contributed by atoms with van der Waals surface area (Å²) < 4.78 is 5.25. The molecule has 0 fully saturated rings. The van der Waals surface area contributed by atoms with Crippen molar-refractivity contribution in [3.8, 4) is 17.0 Å². The van der Waals surface area contributed by atoms with Crippen LogP contribution in [0.5, 0.6) is 5.75 Å². The van der Waals surface area contributed by atoms with Crippen LogP contribution in [0.3, 0.4) is 0 Å². The molecule has 0 aliphatic heterocycles. The highest BCUT2D eigenvalue weighted by molar-refractivity contribution is 7.16. The Morgan fingerprint density at radius 1 is 1.27 bits per heavy atom. The normalized spacial score (nSPS) is 11.6. The number of ether oxygens (including phenoxy) is 1. The molecule has 130 valence electrons. The maximum absolute atomic E-state index is 12.3. The molecule has 0 saturated heterocycles. The molecule has 0 spiro atoms. The minimum atomic E-state index is -0.500. The van der Waals surface area contributed by atoms with E-state index in [1.807, 2.05) is 18.2 Å². The van der Waals surface area contributed by atoms with Gasteiger partial charge in [0.1, 0.15) is 5.75 Å². The highest BCUT2D eigenvalue weighted by atomic mass is 32.1. The number of rotatable bonds is 4. The maximum Gasteiger partial charge on any atom is 0.269 e. The van der Waals surface area contributed by atoms with E-state index in [1.165, 1.54) is 35.6 Å². The van der Waals surface area contributed by atoms with E-state index >= 15 is 0 Å². The van der Waals surface area contributed by atoms with Gasteiger partial charge in [0.05, 0.1) is 17.7 Å². The summed E-state index contributed by atoms with van der Waals surface area (Å²) in [5, 5.41) is 14.0. The van der Waals surface area contributed by atoms with Crippen molar-refractivity contribution in [2.75, 3.05) is 12.4 Å². The molecule has 26 heavy (non-hydrogen) atoms. The highest BCUT2D eigenvalue weighted by Gasteiger charge is 2.24. The van der Waals surface area contributed by atoms with Crippen LogP contribution in [0, 0.1) is 10.1 Å². The van der Waals surface area contributed by atoms with Gasteiger partial charge in [-0.05, 0) is 35.9 Å². The molecule has 2 aromatic carbocycles. The number of anilines is 1. The molecule has 7 nitrogen and oxygen atoms in total. The Morgan fingerprint density at radius 3 is 2.73 bits per heavy atom. The number of nitrogens with zero attached hydrogens (tertiary/aromatic N) is 2. The zero-order valence-corrected chi connectivity index (χ0v) is 14.5. The van der Waals surface area contributed by atoms with Crippen molar-refractivity contribution in [3.63, 3.8) is 0 Å². The fourth-order valence-corrected chi connectivity index (χ4v) is 3.88. The summed E-state index contributed by atoms with van der Waals surface area (Å²) in [6.45, 7) is 0. The molecule has 4 rings (SSSR count). The minimum absolute atomic E-state index is 0.0539. The van der Waals surface area contributed by atoms with Gasteiger partial charge in [0, 0.05) is 34.6 Å². The number of amides is 1. The van der Waals surface area contributed by atoms with Gasteiger partial charge in [0.2, 0.25) is 0 Å². The van der Waals surface area contributed by atoms with Crippen LogP contribution in [0.4, 0.5) is 10.8 Å².